The molecule has 2 aromatic rings. The van der Waals surface area contributed by atoms with Crippen molar-refractivity contribution in [2.45, 2.75) is 6.10 Å². The number of methoxy groups -OCH3 is 1. The van der Waals surface area contributed by atoms with Gasteiger partial charge in [-0.25, -0.2) is 0 Å². The van der Waals surface area contributed by atoms with E-state index in [2.05, 4.69) is 0 Å². The minimum Gasteiger partial charge on any atom is -0.497 e. The quantitative estimate of drug-likeness (QED) is 0.769. The van der Waals surface area contributed by atoms with Crippen molar-refractivity contribution in [3.63, 3.8) is 0 Å². The third-order valence-electron chi connectivity index (χ3n) is 4.09. The van der Waals surface area contributed by atoms with Crippen molar-refractivity contribution in [3.05, 3.63) is 58.1 Å². The van der Waals surface area contributed by atoms with Gasteiger partial charge in [0.15, 0.2) is 0 Å². The fourth-order valence-electron chi connectivity index (χ4n) is 2.68. The average molecular weight is 396 g/mol. The molecule has 0 bridgehead atoms. The molecular formula is C19H19Cl2NO4. The summed E-state index contributed by atoms with van der Waals surface area (Å²) in [6.07, 6.45) is -0.197. The van der Waals surface area contributed by atoms with Crippen LogP contribution in [0.15, 0.2) is 42.5 Å². The SMILES string of the molecule is COc1ccc(OCC2CN(C(=O)c3ccc(Cl)c(Cl)c3)CCO2)cc1. The monoisotopic (exact) mass is 395 g/mol. The van der Waals surface area contributed by atoms with Crippen LogP contribution in [0.4, 0.5) is 0 Å². The molecule has 1 heterocycles. The molecule has 0 spiro atoms. The maximum Gasteiger partial charge on any atom is 0.254 e. The van der Waals surface area contributed by atoms with Gasteiger partial charge in [0, 0.05) is 12.1 Å². The van der Waals surface area contributed by atoms with Crippen molar-refractivity contribution in [3.8, 4) is 11.5 Å². The van der Waals surface area contributed by atoms with E-state index >= 15 is 0 Å². The number of carbonyl (C=O) groups excluding carboxylic acids is 1. The maximum atomic E-state index is 12.7. The molecule has 1 fully saturated rings. The number of ether oxygens (including phenoxy) is 3. The maximum absolute atomic E-state index is 12.7. The molecule has 1 unspecified atom stereocenters. The molecule has 0 saturated carbocycles. The molecule has 2 aromatic carbocycles. The number of hydrogen-bond acceptors (Lipinski definition) is 4. The lowest BCUT2D eigenvalue weighted by Gasteiger charge is -2.33. The minimum absolute atomic E-state index is 0.0960. The van der Waals surface area contributed by atoms with Crippen LogP contribution in [0.1, 0.15) is 10.4 Å². The average Bonchev–Trinajstić information content (AvgIpc) is 2.68. The van der Waals surface area contributed by atoms with Crippen LogP contribution in [0.25, 0.3) is 0 Å². The largest absolute Gasteiger partial charge is 0.497 e. The summed E-state index contributed by atoms with van der Waals surface area (Å²) in [4.78, 5) is 14.4. The molecule has 0 radical (unpaired) electrons. The second-order valence-corrected chi connectivity index (χ2v) is 6.67. The molecule has 7 heteroatoms. The van der Waals surface area contributed by atoms with E-state index in [1.54, 1.807) is 30.2 Å². The Morgan fingerprint density at radius 2 is 1.88 bits per heavy atom. The normalized spacial score (nSPS) is 17.0. The number of amides is 1. The van der Waals surface area contributed by atoms with E-state index in [1.807, 2.05) is 24.3 Å². The predicted molar refractivity (Wildman–Crippen MR) is 101 cm³/mol. The van der Waals surface area contributed by atoms with Crippen LogP contribution in [-0.2, 0) is 4.74 Å². The number of hydrogen-bond donors (Lipinski definition) is 0. The van der Waals surface area contributed by atoms with Crippen LogP contribution >= 0.6 is 23.2 Å². The summed E-state index contributed by atoms with van der Waals surface area (Å²) in [6, 6.07) is 12.2. The lowest BCUT2D eigenvalue weighted by atomic mass is 10.1. The van der Waals surface area contributed by atoms with Crippen molar-refractivity contribution in [1.29, 1.82) is 0 Å². The summed E-state index contributed by atoms with van der Waals surface area (Å²) in [5, 5.41) is 0.793. The first-order valence-corrected chi connectivity index (χ1v) is 8.95. The van der Waals surface area contributed by atoms with Gasteiger partial charge < -0.3 is 19.1 Å². The molecule has 1 amide bonds. The zero-order valence-corrected chi connectivity index (χ0v) is 15.8. The van der Waals surface area contributed by atoms with Crippen LogP contribution in [0.3, 0.4) is 0 Å². The first kappa shape index (κ1) is 18.8. The second kappa shape index (κ2) is 8.62. The number of halogens is 2. The summed E-state index contributed by atoms with van der Waals surface area (Å²) in [5.74, 6) is 1.40. The van der Waals surface area contributed by atoms with Crippen molar-refractivity contribution >= 4 is 29.1 Å². The minimum atomic E-state index is -0.197. The van der Waals surface area contributed by atoms with Gasteiger partial charge in [0.25, 0.3) is 5.91 Å². The highest BCUT2D eigenvalue weighted by Gasteiger charge is 2.26. The van der Waals surface area contributed by atoms with Gasteiger partial charge in [-0.1, -0.05) is 23.2 Å². The Kier molecular flexibility index (Phi) is 6.25. The Morgan fingerprint density at radius 3 is 2.58 bits per heavy atom. The van der Waals surface area contributed by atoms with Gasteiger partial charge in [0.2, 0.25) is 0 Å². The van der Waals surface area contributed by atoms with Crippen molar-refractivity contribution in [1.82, 2.24) is 4.90 Å². The van der Waals surface area contributed by atoms with Crippen LogP contribution in [0.2, 0.25) is 10.0 Å². The number of carbonyl (C=O) groups is 1. The zero-order valence-electron chi connectivity index (χ0n) is 14.3. The van der Waals surface area contributed by atoms with Crippen molar-refractivity contribution in [2.24, 2.45) is 0 Å². The Balaban J connectivity index is 1.57. The van der Waals surface area contributed by atoms with Gasteiger partial charge in [0.1, 0.15) is 24.2 Å². The van der Waals surface area contributed by atoms with Crippen molar-refractivity contribution < 1.29 is 19.0 Å². The fraction of sp³-hybridized carbons (Fsp3) is 0.316. The lowest BCUT2D eigenvalue weighted by molar-refractivity contribution is -0.0401. The van der Waals surface area contributed by atoms with Gasteiger partial charge in [-0.15, -0.1) is 0 Å². The highest BCUT2D eigenvalue weighted by molar-refractivity contribution is 6.42. The molecule has 1 aliphatic heterocycles. The summed E-state index contributed by atoms with van der Waals surface area (Å²) in [5.41, 5.74) is 0.510. The molecule has 26 heavy (non-hydrogen) atoms. The molecule has 3 rings (SSSR count). The Morgan fingerprint density at radius 1 is 1.15 bits per heavy atom. The van der Waals surface area contributed by atoms with E-state index in [0.717, 1.165) is 11.5 Å². The molecule has 1 atom stereocenters. The molecule has 0 aliphatic carbocycles. The highest BCUT2D eigenvalue weighted by atomic mass is 35.5. The molecule has 0 N–H and O–H groups in total. The Hall–Kier alpha value is -1.95. The third-order valence-corrected chi connectivity index (χ3v) is 4.83. The molecule has 138 valence electrons. The number of benzene rings is 2. The molecule has 5 nitrogen and oxygen atoms in total. The summed E-state index contributed by atoms with van der Waals surface area (Å²) in [6.45, 7) is 1.80. The first-order valence-electron chi connectivity index (χ1n) is 8.19. The van der Waals surface area contributed by atoms with E-state index in [0.29, 0.717) is 41.9 Å². The third kappa shape index (κ3) is 4.61. The summed E-state index contributed by atoms with van der Waals surface area (Å²) in [7, 11) is 1.62. The smallest absolute Gasteiger partial charge is 0.254 e. The van der Waals surface area contributed by atoms with Crippen molar-refractivity contribution in [2.75, 3.05) is 33.4 Å². The van der Waals surface area contributed by atoms with Gasteiger partial charge in [-0.2, -0.15) is 0 Å². The number of nitrogens with zero attached hydrogens (tertiary/aromatic N) is 1. The van der Waals surface area contributed by atoms with Crippen LogP contribution in [-0.4, -0.2) is 50.3 Å². The number of morpholine rings is 1. The van der Waals surface area contributed by atoms with E-state index < -0.39 is 0 Å². The Labute approximate surface area is 162 Å². The van der Waals surface area contributed by atoms with E-state index in [4.69, 9.17) is 37.4 Å². The van der Waals surface area contributed by atoms with Gasteiger partial charge in [0.05, 0.1) is 30.3 Å². The van der Waals surface area contributed by atoms with E-state index in [1.165, 1.54) is 0 Å². The number of rotatable bonds is 5. The predicted octanol–water partition coefficient (Wildman–Crippen LogP) is 3.92. The van der Waals surface area contributed by atoms with Gasteiger partial charge >= 0.3 is 0 Å². The standard InChI is InChI=1S/C19H19Cl2NO4/c1-24-14-3-5-15(6-4-14)26-12-16-11-22(8-9-25-16)19(23)13-2-7-17(20)18(21)10-13/h2-7,10,16H,8-9,11-12H2,1H3. The van der Waals surface area contributed by atoms with E-state index in [-0.39, 0.29) is 12.0 Å². The topological polar surface area (TPSA) is 48.0 Å². The first-order chi connectivity index (χ1) is 12.6. The second-order valence-electron chi connectivity index (χ2n) is 5.86. The molecule has 1 aliphatic rings. The van der Waals surface area contributed by atoms with Crippen LogP contribution < -0.4 is 9.47 Å². The fourth-order valence-corrected chi connectivity index (χ4v) is 2.98. The van der Waals surface area contributed by atoms with Gasteiger partial charge in [-0.05, 0) is 42.5 Å². The van der Waals surface area contributed by atoms with Gasteiger partial charge in [-0.3, -0.25) is 4.79 Å². The summed E-state index contributed by atoms with van der Waals surface area (Å²) >= 11 is 11.9. The zero-order chi connectivity index (χ0) is 18.5. The van der Waals surface area contributed by atoms with E-state index in [9.17, 15) is 4.79 Å². The molecule has 0 aromatic heterocycles. The van der Waals surface area contributed by atoms with Crippen LogP contribution in [0, 0.1) is 0 Å². The van der Waals surface area contributed by atoms with Crippen LogP contribution in [0.5, 0.6) is 11.5 Å². The Bertz CT molecular complexity index is 767. The highest BCUT2D eigenvalue weighted by Crippen LogP contribution is 2.24. The molecule has 1 saturated heterocycles. The lowest BCUT2D eigenvalue weighted by Crippen LogP contribution is -2.47. The summed E-state index contributed by atoms with van der Waals surface area (Å²) < 4.78 is 16.6. The molecular weight excluding hydrogens is 377 g/mol.